The molecule has 1 aromatic heterocycles. The molecule has 2 nitrogen and oxygen atoms in total. The molecule has 0 saturated carbocycles. The first-order valence-corrected chi connectivity index (χ1v) is 22.0. The molecule has 0 bridgehead atoms. The molecule has 64 heavy (non-hydrogen) atoms. The summed E-state index contributed by atoms with van der Waals surface area (Å²) in [5, 5.41) is 14.4. The van der Waals surface area contributed by atoms with Crippen molar-refractivity contribution in [3.8, 4) is 33.4 Å². The van der Waals surface area contributed by atoms with Crippen molar-refractivity contribution in [2.75, 3.05) is 4.90 Å². The molecule has 0 saturated heterocycles. The van der Waals surface area contributed by atoms with Crippen LogP contribution in [0.15, 0.2) is 241 Å². The lowest BCUT2D eigenvalue weighted by Gasteiger charge is -2.28. The number of nitrogens with zero attached hydrogens (tertiary/aromatic N) is 1. The quantitative estimate of drug-likeness (QED) is 0.156. The van der Waals surface area contributed by atoms with Gasteiger partial charge in [-0.2, -0.15) is 0 Å². The van der Waals surface area contributed by atoms with Crippen LogP contribution in [0.25, 0.3) is 109 Å². The lowest BCUT2D eigenvalue weighted by atomic mass is 9.92. The molecule has 2 heteroatoms. The number of hydrogen-bond acceptors (Lipinski definition) is 2. The van der Waals surface area contributed by atoms with E-state index in [0.717, 1.165) is 50.0 Å². The van der Waals surface area contributed by atoms with E-state index in [-0.39, 0.29) is 0 Å². The Hall–Kier alpha value is -8.46. The first kappa shape index (κ1) is 36.2. The molecule has 13 rings (SSSR count). The van der Waals surface area contributed by atoms with Gasteiger partial charge in [-0.05, 0) is 154 Å². The highest BCUT2D eigenvalue weighted by molar-refractivity contribution is 6.17. The molecule has 13 aromatic rings. The van der Waals surface area contributed by atoms with Crippen molar-refractivity contribution in [2.45, 2.75) is 0 Å². The van der Waals surface area contributed by atoms with Crippen molar-refractivity contribution in [2.24, 2.45) is 0 Å². The molecule has 0 aliphatic carbocycles. The summed E-state index contributed by atoms with van der Waals surface area (Å²) in [6.45, 7) is 0. The Balaban J connectivity index is 1.03. The van der Waals surface area contributed by atoms with E-state index in [4.69, 9.17) is 4.42 Å². The molecule has 0 aliphatic rings. The predicted octanol–water partition coefficient (Wildman–Crippen LogP) is 17.8. The Labute approximate surface area is 370 Å². The van der Waals surface area contributed by atoms with Gasteiger partial charge in [0.1, 0.15) is 11.2 Å². The second kappa shape index (κ2) is 14.6. The van der Waals surface area contributed by atoms with Gasteiger partial charge in [-0.15, -0.1) is 0 Å². The third-order valence-electron chi connectivity index (χ3n) is 13.1. The summed E-state index contributed by atoms with van der Waals surface area (Å²) in [6, 6.07) is 86.2. The molecule has 0 radical (unpaired) electrons. The van der Waals surface area contributed by atoms with Crippen LogP contribution in [0.2, 0.25) is 0 Å². The zero-order valence-corrected chi connectivity index (χ0v) is 34.9. The van der Waals surface area contributed by atoms with Crippen LogP contribution in [-0.2, 0) is 0 Å². The molecule has 0 N–H and O–H groups in total. The third-order valence-corrected chi connectivity index (χ3v) is 13.1. The minimum atomic E-state index is 0.858. The number of rotatable bonds is 6. The summed E-state index contributed by atoms with van der Waals surface area (Å²) in [6.07, 6.45) is 0. The summed E-state index contributed by atoms with van der Waals surface area (Å²) >= 11 is 0. The largest absolute Gasteiger partial charge is 0.456 e. The van der Waals surface area contributed by atoms with Crippen LogP contribution in [0.1, 0.15) is 0 Å². The van der Waals surface area contributed by atoms with Gasteiger partial charge < -0.3 is 9.32 Å². The van der Waals surface area contributed by atoms with Crippen LogP contribution < -0.4 is 4.90 Å². The SMILES string of the molecule is c1ccc(-c2cc(N(c3ccc4cc(-c5cc6ccccc6c6ccccc56)ccc4c3)c3cccc4oc5cc6ccccc6cc5c34)ccc2-c2ccc3ccccc3c2)cc1. The van der Waals surface area contributed by atoms with Gasteiger partial charge in [0.05, 0.1) is 11.1 Å². The van der Waals surface area contributed by atoms with Crippen molar-refractivity contribution in [1.29, 1.82) is 0 Å². The van der Waals surface area contributed by atoms with Crippen molar-refractivity contribution >= 4 is 92.9 Å². The molecule has 0 spiro atoms. The lowest BCUT2D eigenvalue weighted by molar-refractivity contribution is 0.669. The minimum absolute atomic E-state index is 0.858. The fraction of sp³-hybridized carbons (Fsp3) is 0. The highest BCUT2D eigenvalue weighted by Gasteiger charge is 2.22. The van der Waals surface area contributed by atoms with Crippen LogP contribution in [0.5, 0.6) is 0 Å². The van der Waals surface area contributed by atoms with Crippen LogP contribution in [0.3, 0.4) is 0 Å². The van der Waals surface area contributed by atoms with Gasteiger partial charge in [-0.1, -0.05) is 170 Å². The van der Waals surface area contributed by atoms with E-state index < -0.39 is 0 Å². The smallest absolute Gasteiger partial charge is 0.137 e. The first-order chi connectivity index (χ1) is 31.7. The highest BCUT2D eigenvalue weighted by atomic mass is 16.3. The fourth-order valence-corrected chi connectivity index (χ4v) is 10.1. The van der Waals surface area contributed by atoms with Crippen molar-refractivity contribution < 1.29 is 4.42 Å². The zero-order chi connectivity index (χ0) is 42.1. The summed E-state index contributed by atoms with van der Waals surface area (Å²) < 4.78 is 6.68. The standard InChI is InChI=1S/C62H39NO/c1-2-14-41(15-3-1)57-39-51(31-32-53(57)48-27-25-40-13-4-5-16-42(40)33-48)63(59-23-12-24-60-62(59)58-36-43-17-6-7-18-44(43)38-61(58)64-60)50-30-29-45-34-49(28-26-46(45)35-50)56-37-47-19-8-9-20-52(47)54-21-10-11-22-55(54)56/h1-39H. The summed E-state index contributed by atoms with van der Waals surface area (Å²) in [7, 11) is 0. The molecule has 0 fully saturated rings. The summed E-state index contributed by atoms with van der Waals surface area (Å²) in [4.78, 5) is 2.42. The third kappa shape index (κ3) is 5.95. The minimum Gasteiger partial charge on any atom is -0.456 e. The number of furan rings is 1. The van der Waals surface area contributed by atoms with Crippen LogP contribution >= 0.6 is 0 Å². The van der Waals surface area contributed by atoms with E-state index in [1.54, 1.807) is 0 Å². The molecule has 0 aliphatic heterocycles. The average Bonchev–Trinajstić information content (AvgIpc) is 3.73. The van der Waals surface area contributed by atoms with Gasteiger partial charge in [0.2, 0.25) is 0 Å². The summed E-state index contributed by atoms with van der Waals surface area (Å²) in [5.74, 6) is 0. The van der Waals surface area contributed by atoms with E-state index in [1.165, 1.54) is 76.3 Å². The lowest BCUT2D eigenvalue weighted by Crippen LogP contribution is -2.10. The van der Waals surface area contributed by atoms with Crippen molar-refractivity contribution in [3.63, 3.8) is 0 Å². The van der Waals surface area contributed by atoms with Crippen LogP contribution in [-0.4, -0.2) is 0 Å². The first-order valence-electron chi connectivity index (χ1n) is 22.0. The van der Waals surface area contributed by atoms with Gasteiger partial charge in [0.15, 0.2) is 0 Å². The number of hydrogen-bond donors (Lipinski definition) is 0. The normalized spacial score (nSPS) is 11.8. The number of benzene rings is 12. The molecule has 0 unspecified atom stereocenters. The zero-order valence-electron chi connectivity index (χ0n) is 34.9. The maximum atomic E-state index is 6.68. The van der Waals surface area contributed by atoms with E-state index in [0.29, 0.717) is 0 Å². The molecule has 0 atom stereocenters. The van der Waals surface area contributed by atoms with Gasteiger partial charge >= 0.3 is 0 Å². The Kier molecular flexibility index (Phi) is 8.25. The highest BCUT2D eigenvalue weighted by Crippen LogP contribution is 2.47. The van der Waals surface area contributed by atoms with Crippen molar-refractivity contribution in [3.05, 3.63) is 237 Å². The average molecular weight is 814 g/mol. The van der Waals surface area contributed by atoms with Gasteiger partial charge in [0, 0.05) is 16.8 Å². The van der Waals surface area contributed by atoms with E-state index in [2.05, 4.69) is 241 Å². The molecular formula is C62H39NO. The second-order valence-electron chi connectivity index (χ2n) is 16.9. The van der Waals surface area contributed by atoms with Crippen LogP contribution in [0, 0.1) is 0 Å². The van der Waals surface area contributed by atoms with E-state index in [9.17, 15) is 0 Å². The maximum Gasteiger partial charge on any atom is 0.137 e. The molecule has 12 aromatic carbocycles. The Morgan fingerprint density at radius 1 is 0.266 bits per heavy atom. The topological polar surface area (TPSA) is 16.4 Å². The Morgan fingerprint density at radius 3 is 1.66 bits per heavy atom. The molecule has 298 valence electrons. The van der Waals surface area contributed by atoms with Gasteiger partial charge in [0.25, 0.3) is 0 Å². The molecule has 0 amide bonds. The second-order valence-corrected chi connectivity index (χ2v) is 16.9. The van der Waals surface area contributed by atoms with Gasteiger partial charge in [-0.3, -0.25) is 0 Å². The maximum absolute atomic E-state index is 6.68. The number of fused-ring (bicyclic) bond motifs is 9. The van der Waals surface area contributed by atoms with E-state index >= 15 is 0 Å². The molecular weight excluding hydrogens is 775 g/mol. The summed E-state index contributed by atoms with van der Waals surface area (Å²) in [5.41, 5.74) is 12.1. The fourth-order valence-electron chi connectivity index (χ4n) is 10.1. The van der Waals surface area contributed by atoms with Gasteiger partial charge in [-0.25, -0.2) is 0 Å². The monoisotopic (exact) mass is 813 g/mol. The molecule has 1 heterocycles. The van der Waals surface area contributed by atoms with E-state index in [1.807, 2.05) is 0 Å². The van der Waals surface area contributed by atoms with Crippen LogP contribution in [0.4, 0.5) is 17.1 Å². The number of anilines is 3. The Bertz CT molecular complexity index is 3970. The predicted molar refractivity (Wildman–Crippen MR) is 272 cm³/mol. The Morgan fingerprint density at radius 2 is 0.844 bits per heavy atom. The van der Waals surface area contributed by atoms with Crippen molar-refractivity contribution in [1.82, 2.24) is 0 Å².